The van der Waals surface area contributed by atoms with Gasteiger partial charge in [0.05, 0.1) is 6.20 Å². The third kappa shape index (κ3) is 3.18. The molecule has 2 aliphatic rings. The first kappa shape index (κ1) is 13.1. The Hall–Kier alpha value is -0.870. The summed E-state index contributed by atoms with van der Waals surface area (Å²) >= 11 is 0. The van der Waals surface area contributed by atoms with Crippen molar-refractivity contribution in [3.05, 3.63) is 18.0 Å². The molecule has 1 aliphatic heterocycles. The first-order valence-electron chi connectivity index (χ1n) is 7.71. The summed E-state index contributed by atoms with van der Waals surface area (Å²) in [6.07, 6.45) is 9.58. The highest BCUT2D eigenvalue weighted by atomic mass is 15.3. The van der Waals surface area contributed by atoms with E-state index in [9.17, 15) is 0 Å². The van der Waals surface area contributed by atoms with Crippen LogP contribution in [-0.2, 0) is 13.6 Å². The molecule has 1 aromatic rings. The average molecular weight is 262 g/mol. The largest absolute Gasteiger partial charge is 0.311 e. The quantitative estimate of drug-likeness (QED) is 0.878. The molecule has 2 fully saturated rings. The van der Waals surface area contributed by atoms with Gasteiger partial charge in [0.25, 0.3) is 0 Å². The minimum absolute atomic E-state index is 0.695. The third-order valence-corrected chi connectivity index (χ3v) is 4.52. The highest BCUT2D eigenvalue weighted by Gasteiger charge is 2.36. The standard InChI is InChI=1S/C15H26N4/c1-3-4-14-8-16-15(13-5-6-13)11-19(14)10-12-7-17-18(2)9-12/h7,9,13-16H,3-6,8,10-11H2,1-2H3. The van der Waals surface area contributed by atoms with E-state index in [0.717, 1.165) is 25.0 Å². The summed E-state index contributed by atoms with van der Waals surface area (Å²) in [6, 6.07) is 1.42. The minimum atomic E-state index is 0.695. The Morgan fingerprint density at radius 3 is 2.89 bits per heavy atom. The maximum absolute atomic E-state index is 4.29. The van der Waals surface area contributed by atoms with E-state index in [4.69, 9.17) is 0 Å². The van der Waals surface area contributed by atoms with Crippen molar-refractivity contribution in [1.29, 1.82) is 0 Å². The molecule has 0 spiro atoms. The molecule has 19 heavy (non-hydrogen) atoms. The van der Waals surface area contributed by atoms with Gasteiger partial charge in [-0.2, -0.15) is 5.10 Å². The number of hydrogen-bond acceptors (Lipinski definition) is 3. The van der Waals surface area contributed by atoms with E-state index in [1.165, 1.54) is 37.8 Å². The van der Waals surface area contributed by atoms with Gasteiger partial charge < -0.3 is 5.32 Å². The Bertz CT molecular complexity index is 410. The molecular weight excluding hydrogens is 236 g/mol. The van der Waals surface area contributed by atoms with Gasteiger partial charge >= 0.3 is 0 Å². The van der Waals surface area contributed by atoms with Crippen LogP contribution in [-0.4, -0.2) is 39.9 Å². The Kier molecular flexibility index (Phi) is 3.89. The molecule has 1 N–H and O–H groups in total. The summed E-state index contributed by atoms with van der Waals surface area (Å²) in [5.74, 6) is 0.943. The first-order chi connectivity index (χ1) is 9.26. The highest BCUT2D eigenvalue weighted by Crippen LogP contribution is 2.34. The van der Waals surface area contributed by atoms with Crippen LogP contribution in [0.15, 0.2) is 12.4 Å². The smallest absolute Gasteiger partial charge is 0.0534 e. The number of rotatable bonds is 5. The zero-order valence-corrected chi connectivity index (χ0v) is 12.2. The Labute approximate surface area is 116 Å². The van der Waals surface area contributed by atoms with Crippen molar-refractivity contribution >= 4 is 0 Å². The van der Waals surface area contributed by atoms with Crippen molar-refractivity contribution in [2.75, 3.05) is 13.1 Å². The average Bonchev–Trinajstić information content (AvgIpc) is 3.16. The van der Waals surface area contributed by atoms with Crippen molar-refractivity contribution < 1.29 is 0 Å². The lowest BCUT2D eigenvalue weighted by atomic mass is 10.0. The van der Waals surface area contributed by atoms with Crippen LogP contribution in [0.5, 0.6) is 0 Å². The molecule has 4 heteroatoms. The monoisotopic (exact) mass is 262 g/mol. The molecule has 0 radical (unpaired) electrons. The topological polar surface area (TPSA) is 33.1 Å². The van der Waals surface area contributed by atoms with Crippen molar-refractivity contribution in [3.63, 3.8) is 0 Å². The lowest BCUT2D eigenvalue weighted by Gasteiger charge is -2.40. The van der Waals surface area contributed by atoms with Crippen molar-refractivity contribution in [1.82, 2.24) is 20.0 Å². The van der Waals surface area contributed by atoms with E-state index in [2.05, 4.69) is 28.4 Å². The molecule has 0 amide bonds. The van der Waals surface area contributed by atoms with Gasteiger partial charge in [0, 0.05) is 50.5 Å². The van der Waals surface area contributed by atoms with Crippen molar-refractivity contribution in [2.45, 2.75) is 51.2 Å². The first-order valence-corrected chi connectivity index (χ1v) is 7.71. The van der Waals surface area contributed by atoms with Crippen LogP contribution >= 0.6 is 0 Å². The molecule has 106 valence electrons. The summed E-state index contributed by atoms with van der Waals surface area (Å²) in [4.78, 5) is 2.68. The van der Waals surface area contributed by atoms with Gasteiger partial charge in [0.2, 0.25) is 0 Å². The van der Waals surface area contributed by atoms with Crippen molar-refractivity contribution in [2.24, 2.45) is 13.0 Å². The number of hydrogen-bond donors (Lipinski definition) is 1. The normalized spacial score (nSPS) is 28.7. The van der Waals surface area contributed by atoms with Gasteiger partial charge in [-0.15, -0.1) is 0 Å². The predicted octanol–water partition coefficient (Wildman–Crippen LogP) is 1.77. The SMILES string of the molecule is CCCC1CNC(C2CC2)CN1Cc1cnn(C)c1. The molecule has 3 rings (SSSR count). The zero-order chi connectivity index (χ0) is 13.2. The lowest BCUT2D eigenvalue weighted by Crippen LogP contribution is -2.56. The molecule has 0 bridgehead atoms. The number of piperazine rings is 1. The Morgan fingerprint density at radius 2 is 2.26 bits per heavy atom. The molecule has 4 nitrogen and oxygen atoms in total. The second-order valence-corrected chi connectivity index (χ2v) is 6.25. The minimum Gasteiger partial charge on any atom is -0.311 e. The zero-order valence-electron chi connectivity index (χ0n) is 12.2. The van der Waals surface area contributed by atoms with E-state index in [-0.39, 0.29) is 0 Å². The third-order valence-electron chi connectivity index (χ3n) is 4.52. The number of aromatic nitrogens is 2. The fourth-order valence-electron chi connectivity index (χ4n) is 3.30. The maximum Gasteiger partial charge on any atom is 0.0534 e. The van der Waals surface area contributed by atoms with Gasteiger partial charge in [-0.25, -0.2) is 0 Å². The van der Waals surface area contributed by atoms with Gasteiger partial charge in [0.1, 0.15) is 0 Å². The summed E-state index contributed by atoms with van der Waals surface area (Å²) < 4.78 is 1.91. The number of aryl methyl sites for hydroxylation is 1. The van der Waals surface area contributed by atoms with Gasteiger partial charge in [-0.05, 0) is 25.2 Å². The predicted molar refractivity (Wildman–Crippen MR) is 76.8 cm³/mol. The van der Waals surface area contributed by atoms with Gasteiger partial charge in [0.15, 0.2) is 0 Å². The van der Waals surface area contributed by atoms with Crippen LogP contribution in [0.1, 0.15) is 38.2 Å². The molecular formula is C15H26N4. The molecule has 2 atom stereocenters. The van der Waals surface area contributed by atoms with E-state index in [1.807, 2.05) is 17.9 Å². The summed E-state index contributed by atoms with van der Waals surface area (Å²) in [5.41, 5.74) is 1.35. The Balaban J connectivity index is 1.65. The van der Waals surface area contributed by atoms with Crippen molar-refractivity contribution in [3.8, 4) is 0 Å². The lowest BCUT2D eigenvalue weighted by molar-refractivity contribution is 0.108. The molecule has 1 aromatic heterocycles. The molecule has 1 saturated heterocycles. The fraction of sp³-hybridized carbons (Fsp3) is 0.800. The van der Waals surface area contributed by atoms with Crippen LogP contribution in [0.3, 0.4) is 0 Å². The van der Waals surface area contributed by atoms with Crippen LogP contribution in [0.2, 0.25) is 0 Å². The fourth-order valence-corrected chi connectivity index (χ4v) is 3.30. The summed E-state index contributed by atoms with van der Waals surface area (Å²) in [5, 5.41) is 8.07. The van der Waals surface area contributed by atoms with Crippen LogP contribution in [0, 0.1) is 5.92 Å². The van der Waals surface area contributed by atoms with Crippen LogP contribution in [0.25, 0.3) is 0 Å². The van der Waals surface area contributed by atoms with E-state index in [0.29, 0.717) is 6.04 Å². The Morgan fingerprint density at radius 1 is 1.42 bits per heavy atom. The van der Waals surface area contributed by atoms with Gasteiger partial charge in [-0.1, -0.05) is 13.3 Å². The van der Waals surface area contributed by atoms with E-state index >= 15 is 0 Å². The van der Waals surface area contributed by atoms with E-state index in [1.54, 1.807) is 0 Å². The second-order valence-electron chi connectivity index (χ2n) is 6.25. The molecule has 1 aliphatic carbocycles. The molecule has 1 saturated carbocycles. The maximum atomic E-state index is 4.29. The van der Waals surface area contributed by atoms with Crippen LogP contribution in [0.4, 0.5) is 0 Å². The van der Waals surface area contributed by atoms with Gasteiger partial charge in [-0.3, -0.25) is 9.58 Å². The second kappa shape index (κ2) is 5.63. The molecule has 0 aromatic carbocycles. The summed E-state index contributed by atoms with van der Waals surface area (Å²) in [7, 11) is 2.00. The van der Waals surface area contributed by atoms with Crippen LogP contribution < -0.4 is 5.32 Å². The summed E-state index contributed by atoms with van der Waals surface area (Å²) in [6.45, 7) is 5.72. The van der Waals surface area contributed by atoms with E-state index < -0.39 is 0 Å². The number of nitrogens with one attached hydrogen (secondary N) is 1. The molecule has 2 unspecified atom stereocenters. The molecule has 2 heterocycles. The number of nitrogens with zero attached hydrogens (tertiary/aromatic N) is 3. The highest BCUT2D eigenvalue weighted by molar-refractivity contribution is 5.05.